The SMILES string of the molecule is O=C(O)Cc1nc(C2CNC2)no1. The summed E-state index contributed by atoms with van der Waals surface area (Å²) in [6.07, 6.45) is -0.201. The number of carbonyl (C=O) groups is 1. The molecule has 1 aromatic heterocycles. The van der Waals surface area contributed by atoms with E-state index in [-0.39, 0.29) is 18.2 Å². The van der Waals surface area contributed by atoms with Crippen LogP contribution in [0.25, 0.3) is 0 Å². The Morgan fingerprint density at radius 1 is 1.69 bits per heavy atom. The highest BCUT2D eigenvalue weighted by Crippen LogP contribution is 2.15. The van der Waals surface area contributed by atoms with Gasteiger partial charge in [-0.25, -0.2) is 0 Å². The van der Waals surface area contributed by atoms with E-state index in [1.807, 2.05) is 0 Å². The van der Waals surface area contributed by atoms with E-state index < -0.39 is 5.97 Å². The van der Waals surface area contributed by atoms with Gasteiger partial charge >= 0.3 is 5.97 Å². The topological polar surface area (TPSA) is 88.2 Å². The Labute approximate surface area is 73.9 Å². The van der Waals surface area contributed by atoms with Crippen LogP contribution in [-0.2, 0) is 11.2 Å². The first-order chi connectivity index (χ1) is 6.25. The minimum absolute atomic E-state index is 0.175. The molecule has 0 saturated carbocycles. The Kier molecular flexibility index (Phi) is 1.97. The standard InChI is InChI=1S/C7H9N3O3/c11-6(12)1-5-9-7(10-13-5)4-2-8-3-4/h4,8H,1-3H2,(H,11,12). The summed E-state index contributed by atoms with van der Waals surface area (Å²) in [5.74, 6) is 0.109. The molecule has 0 amide bonds. The summed E-state index contributed by atoms with van der Waals surface area (Å²) in [7, 11) is 0. The van der Waals surface area contributed by atoms with Crippen molar-refractivity contribution in [3.63, 3.8) is 0 Å². The lowest BCUT2D eigenvalue weighted by Crippen LogP contribution is -2.40. The number of aromatic nitrogens is 2. The molecule has 1 fully saturated rings. The first-order valence-electron chi connectivity index (χ1n) is 4.00. The zero-order chi connectivity index (χ0) is 9.26. The van der Waals surface area contributed by atoms with E-state index in [1.54, 1.807) is 0 Å². The van der Waals surface area contributed by atoms with Gasteiger partial charge in [0.25, 0.3) is 0 Å². The predicted octanol–water partition coefficient (Wildman–Crippen LogP) is -0.617. The Bertz CT molecular complexity index is 319. The molecule has 1 aliphatic heterocycles. The fourth-order valence-corrected chi connectivity index (χ4v) is 1.11. The summed E-state index contributed by atoms with van der Waals surface area (Å²) >= 11 is 0. The molecule has 2 rings (SSSR count). The van der Waals surface area contributed by atoms with Crippen LogP contribution in [0.1, 0.15) is 17.6 Å². The second-order valence-electron chi connectivity index (χ2n) is 2.97. The minimum Gasteiger partial charge on any atom is -0.481 e. The van der Waals surface area contributed by atoms with Gasteiger partial charge in [-0.15, -0.1) is 0 Å². The number of aliphatic carboxylic acids is 1. The number of rotatable bonds is 3. The molecular formula is C7H9N3O3. The van der Waals surface area contributed by atoms with Crippen LogP contribution in [0.4, 0.5) is 0 Å². The van der Waals surface area contributed by atoms with Gasteiger partial charge in [-0.2, -0.15) is 4.98 Å². The van der Waals surface area contributed by atoms with Crippen molar-refractivity contribution in [1.82, 2.24) is 15.5 Å². The lowest BCUT2D eigenvalue weighted by atomic mass is 10.0. The maximum absolute atomic E-state index is 10.3. The summed E-state index contributed by atoms with van der Waals surface area (Å²) in [4.78, 5) is 14.3. The van der Waals surface area contributed by atoms with Crippen LogP contribution in [0.2, 0.25) is 0 Å². The van der Waals surface area contributed by atoms with Crippen LogP contribution in [0.3, 0.4) is 0 Å². The van der Waals surface area contributed by atoms with Crippen LogP contribution in [0, 0.1) is 0 Å². The second kappa shape index (κ2) is 3.14. The van der Waals surface area contributed by atoms with Gasteiger partial charge in [0.2, 0.25) is 5.89 Å². The third-order valence-corrected chi connectivity index (χ3v) is 1.93. The second-order valence-corrected chi connectivity index (χ2v) is 2.97. The molecule has 1 aromatic rings. The molecular weight excluding hydrogens is 174 g/mol. The predicted molar refractivity (Wildman–Crippen MR) is 41.2 cm³/mol. The highest BCUT2D eigenvalue weighted by atomic mass is 16.5. The molecule has 0 bridgehead atoms. The van der Waals surface area contributed by atoms with Crippen LogP contribution in [-0.4, -0.2) is 34.3 Å². The van der Waals surface area contributed by atoms with E-state index in [2.05, 4.69) is 15.5 Å². The highest BCUT2D eigenvalue weighted by molar-refractivity contribution is 5.68. The largest absolute Gasteiger partial charge is 0.481 e. The third kappa shape index (κ3) is 1.67. The Balaban J connectivity index is 2.04. The highest BCUT2D eigenvalue weighted by Gasteiger charge is 2.24. The van der Waals surface area contributed by atoms with Gasteiger partial charge < -0.3 is 14.9 Å². The fourth-order valence-electron chi connectivity index (χ4n) is 1.11. The van der Waals surface area contributed by atoms with Gasteiger partial charge in [0.15, 0.2) is 5.82 Å². The quantitative estimate of drug-likeness (QED) is 0.649. The van der Waals surface area contributed by atoms with Crippen LogP contribution >= 0.6 is 0 Å². The molecule has 0 unspecified atom stereocenters. The summed E-state index contributed by atoms with van der Waals surface area (Å²) in [6, 6.07) is 0. The van der Waals surface area contributed by atoms with Crippen molar-refractivity contribution >= 4 is 5.97 Å². The van der Waals surface area contributed by atoms with Gasteiger partial charge in [-0.1, -0.05) is 5.16 Å². The molecule has 1 aliphatic rings. The number of carboxylic acid groups (broad SMARTS) is 1. The molecule has 6 heteroatoms. The Hall–Kier alpha value is -1.43. The Morgan fingerprint density at radius 2 is 2.46 bits per heavy atom. The summed E-state index contributed by atoms with van der Waals surface area (Å²) in [6.45, 7) is 1.68. The van der Waals surface area contributed by atoms with Gasteiger partial charge in [0.1, 0.15) is 6.42 Å². The van der Waals surface area contributed by atoms with E-state index in [9.17, 15) is 4.79 Å². The van der Waals surface area contributed by atoms with Crippen molar-refractivity contribution in [3.05, 3.63) is 11.7 Å². The van der Waals surface area contributed by atoms with Crippen LogP contribution in [0.5, 0.6) is 0 Å². The molecule has 0 aromatic carbocycles. The summed E-state index contributed by atoms with van der Waals surface area (Å²) in [5, 5.41) is 15.2. The minimum atomic E-state index is -0.957. The van der Waals surface area contributed by atoms with Crippen molar-refractivity contribution in [2.24, 2.45) is 0 Å². The summed E-state index contributed by atoms with van der Waals surface area (Å²) < 4.78 is 4.76. The number of nitrogens with zero attached hydrogens (tertiary/aromatic N) is 2. The molecule has 0 atom stereocenters. The summed E-state index contributed by atoms with van der Waals surface area (Å²) in [5.41, 5.74) is 0. The molecule has 1 saturated heterocycles. The maximum atomic E-state index is 10.3. The van der Waals surface area contributed by atoms with Crippen molar-refractivity contribution in [2.45, 2.75) is 12.3 Å². The molecule has 13 heavy (non-hydrogen) atoms. The molecule has 2 heterocycles. The molecule has 0 aliphatic carbocycles. The first kappa shape index (κ1) is 8.18. The van der Waals surface area contributed by atoms with E-state index in [4.69, 9.17) is 9.63 Å². The number of carboxylic acids is 1. The van der Waals surface area contributed by atoms with Gasteiger partial charge in [0, 0.05) is 19.0 Å². The fraction of sp³-hybridized carbons (Fsp3) is 0.571. The van der Waals surface area contributed by atoms with Crippen molar-refractivity contribution in [2.75, 3.05) is 13.1 Å². The monoisotopic (exact) mass is 183 g/mol. The van der Waals surface area contributed by atoms with E-state index in [0.717, 1.165) is 13.1 Å². The van der Waals surface area contributed by atoms with Crippen LogP contribution in [0.15, 0.2) is 4.52 Å². The van der Waals surface area contributed by atoms with Gasteiger partial charge in [-0.05, 0) is 0 Å². The van der Waals surface area contributed by atoms with Gasteiger partial charge in [-0.3, -0.25) is 4.79 Å². The van der Waals surface area contributed by atoms with Crippen molar-refractivity contribution < 1.29 is 14.4 Å². The lowest BCUT2D eigenvalue weighted by molar-refractivity contribution is -0.136. The molecule has 2 N–H and O–H groups in total. The average Bonchev–Trinajstić information content (AvgIpc) is 2.31. The van der Waals surface area contributed by atoms with E-state index >= 15 is 0 Å². The molecule has 0 radical (unpaired) electrons. The zero-order valence-corrected chi connectivity index (χ0v) is 6.86. The lowest BCUT2D eigenvalue weighted by Gasteiger charge is -2.23. The average molecular weight is 183 g/mol. The van der Waals surface area contributed by atoms with Gasteiger partial charge in [0.05, 0.1) is 0 Å². The Morgan fingerprint density at radius 3 is 3.00 bits per heavy atom. The van der Waals surface area contributed by atoms with E-state index in [1.165, 1.54) is 0 Å². The van der Waals surface area contributed by atoms with E-state index in [0.29, 0.717) is 5.82 Å². The smallest absolute Gasteiger partial charge is 0.312 e. The van der Waals surface area contributed by atoms with Crippen molar-refractivity contribution in [1.29, 1.82) is 0 Å². The molecule has 70 valence electrons. The normalized spacial score (nSPS) is 16.9. The zero-order valence-electron chi connectivity index (χ0n) is 6.86. The molecule has 6 nitrogen and oxygen atoms in total. The number of hydrogen-bond acceptors (Lipinski definition) is 5. The van der Waals surface area contributed by atoms with Crippen LogP contribution < -0.4 is 5.32 Å². The number of nitrogens with one attached hydrogen (secondary N) is 1. The number of hydrogen-bond donors (Lipinski definition) is 2. The third-order valence-electron chi connectivity index (χ3n) is 1.93. The van der Waals surface area contributed by atoms with Crippen molar-refractivity contribution in [3.8, 4) is 0 Å². The maximum Gasteiger partial charge on any atom is 0.312 e. The first-order valence-corrected chi connectivity index (χ1v) is 4.00. The molecule has 0 spiro atoms.